The van der Waals surface area contributed by atoms with Crippen LogP contribution in [0.5, 0.6) is 11.5 Å². The van der Waals surface area contributed by atoms with Crippen LogP contribution in [0.2, 0.25) is 0 Å². The van der Waals surface area contributed by atoms with E-state index in [0.717, 1.165) is 28.3 Å². The molecule has 1 aromatic carbocycles. The van der Waals surface area contributed by atoms with Gasteiger partial charge < -0.3 is 15.2 Å². The molecular formula is C13H15N3O2. The Morgan fingerprint density at radius 2 is 1.94 bits per heavy atom. The zero-order chi connectivity index (χ0) is 13.1. The lowest BCUT2D eigenvalue weighted by molar-refractivity contribution is 0.404. The number of ether oxygens (including phenoxy) is 2. The second kappa shape index (κ2) is 4.91. The third kappa shape index (κ3) is 2.20. The van der Waals surface area contributed by atoms with E-state index >= 15 is 0 Å². The summed E-state index contributed by atoms with van der Waals surface area (Å²) in [6, 6.07) is 5.54. The first-order chi connectivity index (χ1) is 8.65. The van der Waals surface area contributed by atoms with Crippen molar-refractivity contribution in [2.75, 3.05) is 20.0 Å². The van der Waals surface area contributed by atoms with Gasteiger partial charge in [-0.3, -0.25) is 0 Å². The second-order valence-electron chi connectivity index (χ2n) is 3.83. The molecule has 0 aliphatic rings. The van der Waals surface area contributed by atoms with E-state index in [1.54, 1.807) is 20.4 Å². The lowest BCUT2D eigenvalue weighted by Gasteiger charge is -2.11. The Hall–Kier alpha value is -2.30. The number of aromatic nitrogens is 2. The zero-order valence-electron chi connectivity index (χ0n) is 10.6. The number of hydrogen-bond donors (Lipinski definition) is 1. The van der Waals surface area contributed by atoms with Gasteiger partial charge in [0, 0.05) is 11.8 Å². The maximum Gasteiger partial charge on any atom is 0.220 e. The standard InChI is InChI=1S/C13H15N3O2/c1-8-7-15-13(14)16-12(8)10-6-9(17-2)4-5-11(10)18-3/h4-7H,1-3H3,(H2,14,15,16). The maximum absolute atomic E-state index is 5.63. The molecule has 0 atom stereocenters. The van der Waals surface area contributed by atoms with Crippen LogP contribution >= 0.6 is 0 Å². The third-order valence-electron chi connectivity index (χ3n) is 2.65. The highest BCUT2D eigenvalue weighted by Crippen LogP contribution is 2.33. The first-order valence-electron chi connectivity index (χ1n) is 5.47. The van der Waals surface area contributed by atoms with E-state index in [1.165, 1.54) is 0 Å². The second-order valence-corrected chi connectivity index (χ2v) is 3.83. The summed E-state index contributed by atoms with van der Waals surface area (Å²) >= 11 is 0. The number of hydrogen-bond acceptors (Lipinski definition) is 5. The van der Waals surface area contributed by atoms with Crippen LogP contribution in [0.3, 0.4) is 0 Å². The molecule has 0 bridgehead atoms. The number of rotatable bonds is 3. The van der Waals surface area contributed by atoms with E-state index in [0.29, 0.717) is 0 Å². The van der Waals surface area contributed by atoms with Crippen LogP contribution in [-0.4, -0.2) is 24.2 Å². The summed E-state index contributed by atoms with van der Waals surface area (Å²) in [7, 11) is 3.23. The van der Waals surface area contributed by atoms with Crippen LogP contribution in [0.15, 0.2) is 24.4 Å². The molecule has 0 saturated heterocycles. The fraction of sp³-hybridized carbons (Fsp3) is 0.231. The van der Waals surface area contributed by atoms with E-state index < -0.39 is 0 Å². The number of methoxy groups -OCH3 is 2. The lowest BCUT2D eigenvalue weighted by atomic mass is 10.1. The Kier molecular flexibility index (Phi) is 3.32. The average molecular weight is 245 g/mol. The number of benzene rings is 1. The molecule has 0 aliphatic carbocycles. The molecule has 1 aromatic heterocycles. The minimum Gasteiger partial charge on any atom is -0.497 e. The fourth-order valence-electron chi connectivity index (χ4n) is 1.73. The highest BCUT2D eigenvalue weighted by Gasteiger charge is 2.12. The van der Waals surface area contributed by atoms with Crippen molar-refractivity contribution < 1.29 is 9.47 Å². The normalized spacial score (nSPS) is 10.2. The van der Waals surface area contributed by atoms with Gasteiger partial charge in [0.15, 0.2) is 0 Å². The van der Waals surface area contributed by atoms with Crippen molar-refractivity contribution in [1.29, 1.82) is 0 Å². The summed E-state index contributed by atoms with van der Waals surface area (Å²) in [6.07, 6.45) is 1.69. The van der Waals surface area contributed by atoms with Gasteiger partial charge in [-0.25, -0.2) is 9.97 Å². The molecule has 2 N–H and O–H groups in total. The van der Waals surface area contributed by atoms with Gasteiger partial charge >= 0.3 is 0 Å². The topological polar surface area (TPSA) is 70.3 Å². The SMILES string of the molecule is COc1ccc(OC)c(-c2nc(N)ncc2C)c1. The van der Waals surface area contributed by atoms with Crippen LogP contribution in [-0.2, 0) is 0 Å². The van der Waals surface area contributed by atoms with Gasteiger partial charge in [-0.15, -0.1) is 0 Å². The van der Waals surface area contributed by atoms with Crippen molar-refractivity contribution in [3.63, 3.8) is 0 Å². The molecule has 0 unspecified atom stereocenters. The number of aryl methyl sites for hydroxylation is 1. The molecule has 5 heteroatoms. The van der Waals surface area contributed by atoms with E-state index in [4.69, 9.17) is 15.2 Å². The lowest BCUT2D eigenvalue weighted by Crippen LogP contribution is -2.00. The van der Waals surface area contributed by atoms with Crippen LogP contribution in [0, 0.1) is 6.92 Å². The number of anilines is 1. The molecule has 2 aromatic rings. The number of nitrogens with two attached hydrogens (primary N) is 1. The Bertz CT molecular complexity index is 570. The predicted molar refractivity (Wildman–Crippen MR) is 69.7 cm³/mol. The smallest absolute Gasteiger partial charge is 0.220 e. The van der Waals surface area contributed by atoms with Crippen molar-refractivity contribution in [1.82, 2.24) is 9.97 Å². The molecule has 0 radical (unpaired) electrons. The average Bonchev–Trinajstić information content (AvgIpc) is 2.40. The molecular weight excluding hydrogens is 230 g/mol. The maximum atomic E-state index is 5.63. The van der Waals surface area contributed by atoms with Gasteiger partial charge in [0.25, 0.3) is 0 Å². The minimum absolute atomic E-state index is 0.237. The summed E-state index contributed by atoms with van der Waals surface area (Å²) in [4.78, 5) is 8.22. The van der Waals surface area contributed by atoms with Gasteiger partial charge in [-0.05, 0) is 30.7 Å². The van der Waals surface area contributed by atoms with Crippen molar-refractivity contribution in [3.8, 4) is 22.8 Å². The van der Waals surface area contributed by atoms with Crippen molar-refractivity contribution in [2.45, 2.75) is 6.92 Å². The van der Waals surface area contributed by atoms with Gasteiger partial charge in [0.2, 0.25) is 5.95 Å². The quantitative estimate of drug-likeness (QED) is 0.896. The number of nitrogen functional groups attached to an aromatic ring is 1. The van der Waals surface area contributed by atoms with Crippen molar-refractivity contribution in [3.05, 3.63) is 30.0 Å². The molecule has 18 heavy (non-hydrogen) atoms. The van der Waals surface area contributed by atoms with E-state index in [2.05, 4.69) is 9.97 Å². The molecule has 1 heterocycles. The van der Waals surface area contributed by atoms with Gasteiger partial charge in [0.1, 0.15) is 11.5 Å². The molecule has 0 amide bonds. The summed E-state index contributed by atoms with van der Waals surface area (Å²) < 4.78 is 10.6. The van der Waals surface area contributed by atoms with Crippen molar-refractivity contribution in [2.24, 2.45) is 0 Å². The van der Waals surface area contributed by atoms with E-state index in [-0.39, 0.29) is 5.95 Å². The molecule has 5 nitrogen and oxygen atoms in total. The molecule has 0 aliphatic heterocycles. The predicted octanol–water partition coefficient (Wildman–Crippen LogP) is 2.05. The Morgan fingerprint density at radius 1 is 1.17 bits per heavy atom. The molecule has 0 saturated carbocycles. The van der Waals surface area contributed by atoms with Gasteiger partial charge in [-0.2, -0.15) is 0 Å². The zero-order valence-corrected chi connectivity index (χ0v) is 10.6. The Balaban J connectivity index is 2.64. The molecule has 2 rings (SSSR count). The Morgan fingerprint density at radius 3 is 2.61 bits per heavy atom. The van der Waals surface area contributed by atoms with Crippen molar-refractivity contribution >= 4 is 5.95 Å². The molecule has 0 fully saturated rings. The summed E-state index contributed by atoms with van der Waals surface area (Å²) in [5.41, 5.74) is 8.14. The monoisotopic (exact) mass is 245 g/mol. The molecule has 0 spiro atoms. The summed E-state index contributed by atoms with van der Waals surface area (Å²) in [5, 5.41) is 0. The minimum atomic E-state index is 0.237. The fourth-order valence-corrected chi connectivity index (χ4v) is 1.73. The number of nitrogens with zero attached hydrogens (tertiary/aromatic N) is 2. The van der Waals surface area contributed by atoms with Crippen LogP contribution in [0.4, 0.5) is 5.95 Å². The largest absolute Gasteiger partial charge is 0.497 e. The van der Waals surface area contributed by atoms with Crippen LogP contribution < -0.4 is 15.2 Å². The van der Waals surface area contributed by atoms with E-state index in [1.807, 2.05) is 25.1 Å². The van der Waals surface area contributed by atoms with Crippen LogP contribution in [0.25, 0.3) is 11.3 Å². The molecule has 94 valence electrons. The summed E-state index contributed by atoms with van der Waals surface area (Å²) in [6.45, 7) is 1.92. The van der Waals surface area contributed by atoms with Gasteiger partial charge in [-0.1, -0.05) is 0 Å². The first kappa shape index (κ1) is 12.2. The van der Waals surface area contributed by atoms with E-state index in [9.17, 15) is 0 Å². The Labute approximate surface area is 106 Å². The third-order valence-corrected chi connectivity index (χ3v) is 2.65. The first-order valence-corrected chi connectivity index (χ1v) is 5.47. The summed E-state index contributed by atoms with van der Waals surface area (Å²) in [5.74, 6) is 1.69. The van der Waals surface area contributed by atoms with Gasteiger partial charge in [0.05, 0.1) is 19.9 Å². The highest BCUT2D eigenvalue weighted by molar-refractivity contribution is 5.71. The highest BCUT2D eigenvalue weighted by atomic mass is 16.5. The van der Waals surface area contributed by atoms with Crippen LogP contribution in [0.1, 0.15) is 5.56 Å².